The average molecular weight is 318 g/mol. The van der Waals surface area contributed by atoms with Crippen LogP contribution in [0.25, 0.3) is 16.7 Å². The highest BCUT2D eigenvalue weighted by Gasteiger charge is 2.13. The molecule has 3 heterocycles. The molecular weight excluding hydrogens is 306 g/mol. The standard InChI is InChI=1S/C13H12BrN5/c1-7-12(15)8(2)19(18-7)11-3-4-16-10-5-9(14)6-17-13(10)11/h3-6H,15H2,1-2H3. The summed E-state index contributed by atoms with van der Waals surface area (Å²) < 4.78 is 2.72. The van der Waals surface area contributed by atoms with Crippen LogP contribution in [0.15, 0.2) is 29.0 Å². The third kappa shape index (κ3) is 1.88. The largest absolute Gasteiger partial charge is 0.396 e. The Bertz CT molecular complexity index is 778. The van der Waals surface area contributed by atoms with Crippen molar-refractivity contribution in [1.82, 2.24) is 19.7 Å². The number of nitrogens with two attached hydrogens (primary N) is 1. The lowest BCUT2D eigenvalue weighted by atomic mass is 10.2. The number of fused-ring (bicyclic) bond motifs is 1. The Kier molecular flexibility index (Phi) is 2.74. The van der Waals surface area contributed by atoms with Crippen LogP contribution in [0.5, 0.6) is 0 Å². The molecule has 0 radical (unpaired) electrons. The van der Waals surface area contributed by atoms with Crippen LogP contribution in [0.1, 0.15) is 11.4 Å². The Balaban J connectivity index is 2.33. The normalized spacial score (nSPS) is 11.1. The highest BCUT2D eigenvalue weighted by Crippen LogP contribution is 2.25. The van der Waals surface area contributed by atoms with E-state index in [1.165, 1.54) is 0 Å². The Morgan fingerprint density at radius 2 is 2.05 bits per heavy atom. The van der Waals surface area contributed by atoms with Crippen LogP contribution in [-0.4, -0.2) is 19.7 Å². The Labute approximate surface area is 118 Å². The van der Waals surface area contributed by atoms with Crippen LogP contribution in [-0.2, 0) is 0 Å². The van der Waals surface area contributed by atoms with Gasteiger partial charge in [-0.25, -0.2) is 4.68 Å². The molecule has 0 aromatic carbocycles. The number of anilines is 1. The SMILES string of the molecule is Cc1nn(-c2ccnc3cc(Br)cnc23)c(C)c1N. The summed E-state index contributed by atoms with van der Waals surface area (Å²) in [4.78, 5) is 8.75. The fourth-order valence-corrected chi connectivity index (χ4v) is 2.37. The molecule has 0 saturated carbocycles. The molecule has 0 unspecified atom stereocenters. The van der Waals surface area contributed by atoms with Crippen molar-refractivity contribution < 1.29 is 0 Å². The maximum atomic E-state index is 5.98. The van der Waals surface area contributed by atoms with Gasteiger partial charge in [-0.2, -0.15) is 5.10 Å². The van der Waals surface area contributed by atoms with Crippen LogP contribution >= 0.6 is 15.9 Å². The summed E-state index contributed by atoms with van der Waals surface area (Å²) in [5.74, 6) is 0. The van der Waals surface area contributed by atoms with E-state index in [9.17, 15) is 0 Å². The summed E-state index contributed by atoms with van der Waals surface area (Å²) >= 11 is 3.40. The van der Waals surface area contributed by atoms with Crippen LogP contribution in [0.4, 0.5) is 5.69 Å². The highest BCUT2D eigenvalue weighted by molar-refractivity contribution is 9.10. The van der Waals surface area contributed by atoms with Gasteiger partial charge in [0.1, 0.15) is 5.52 Å². The summed E-state index contributed by atoms with van der Waals surface area (Å²) in [5, 5.41) is 4.46. The highest BCUT2D eigenvalue weighted by atomic mass is 79.9. The number of rotatable bonds is 1. The van der Waals surface area contributed by atoms with Gasteiger partial charge >= 0.3 is 0 Å². The molecule has 0 spiro atoms. The van der Waals surface area contributed by atoms with Gasteiger partial charge in [-0.3, -0.25) is 9.97 Å². The summed E-state index contributed by atoms with van der Waals surface area (Å²) in [6, 6.07) is 3.82. The number of halogens is 1. The first kappa shape index (κ1) is 12.1. The van der Waals surface area contributed by atoms with E-state index in [1.807, 2.05) is 30.7 Å². The van der Waals surface area contributed by atoms with Gasteiger partial charge in [0.05, 0.1) is 28.3 Å². The summed E-state index contributed by atoms with van der Waals surface area (Å²) in [6.45, 7) is 3.84. The van der Waals surface area contributed by atoms with E-state index in [0.29, 0.717) is 5.69 Å². The lowest BCUT2D eigenvalue weighted by molar-refractivity contribution is 0.836. The molecule has 5 nitrogen and oxygen atoms in total. The Hall–Kier alpha value is -1.95. The zero-order valence-corrected chi connectivity index (χ0v) is 12.1. The lowest BCUT2D eigenvalue weighted by Gasteiger charge is -2.07. The van der Waals surface area contributed by atoms with Crippen molar-refractivity contribution in [1.29, 1.82) is 0 Å². The van der Waals surface area contributed by atoms with E-state index in [4.69, 9.17) is 5.73 Å². The quantitative estimate of drug-likeness (QED) is 0.749. The van der Waals surface area contributed by atoms with Crippen molar-refractivity contribution in [2.45, 2.75) is 13.8 Å². The van der Waals surface area contributed by atoms with E-state index in [2.05, 4.69) is 31.0 Å². The molecule has 96 valence electrons. The van der Waals surface area contributed by atoms with E-state index in [1.54, 1.807) is 12.4 Å². The molecule has 0 aliphatic rings. The topological polar surface area (TPSA) is 69.6 Å². The molecule has 3 aromatic heterocycles. The number of aromatic nitrogens is 4. The molecule has 0 bridgehead atoms. The molecule has 0 aliphatic heterocycles. The van der Waals surface area contributed by atoms with Crippen molar-refractivity contribution in [3.05, 3.63) is 40.4 Å². The average Bonchev–Trinajstić information content (AvgIpc) is 2.65. The van der Waals surface area contributed by atoms with Crippen LogP contribution < -0.4 is 5.73 Å². The first-order valence-corrected chi connectivity index (χ1v) is 6.59. The number of hydrogen-bond donors (Lipinski definition) is 1. The zero-order chi connectivity index (χ0) is 13.6. The van der Waals surface area contributed by atoms with Gasteiger partial charge in [0.2, 0.25) is 0 Å². The molecule has 0 atom stereocenters. The molecule has 2 N–H and O–H groups in total. The van der Waals surface area contributed by atoms with Crippen LogP contribution in [0.2, 0.25) is 0 Å². The number of hydrogen-bond acceptors (Lipinski definition) is 4. The maximum Gasteiger partial charge on any atom is 0.114 e. The van der Waals surface area contributed by atoms with Gasteiger partial charge < -0.3 is 5.73 Å². The second-order valence-corrected chi connectivity index (χ2v) is 5.26. The fourth-order valence-electron chi connectivity index (χ4n) is 2.05. The molecule has 6 heteroatoms. The minimum absolute atomic E-state index is 0.710. The zero-order valence-electron chi connectivity index (χ0n) is 10.6. The molecule has 19 heavy (non-hydrogen) atoms. The van der Waals surface area contributed by atoms with Gasteiger partial charge in [0.15, 0.2) is 0 Å². The molecule has 3 aromatic rings. The third-order valence-electron chi connectivity index (χ3n) is 3.10. The van der Waals surface area contributed by atoms with E-state index < -0.39 is 0 Å². The van der Waals surface area contributed by atoms with Gasteiger partial charge in [-0.1, -0.05) is 0 Å². The van der Waals surface area contributed by atoms with Crippen molar-refractivity contribution in [2.24, 2.45) is 0 Å². The third-order valence-corrected chi connectivity index (χ3v) is 3.53. The molecule has 0 fully saturated rings. The number of nitrogens with zero attached hydrogens (tertiary/aromatic N) is 4. The van der Waals surface area contributed by atoms with E-state index in [-0.39, 0.29) is 0 Å². The fraction of sp³-hybridized carbons (Fsp3) is 0.154. The Morgan fingerprint density at radius 1 is 1.26 bits per heavy atom. The smallest absolute Gasteiger partial charge is 0.114 e. The van der Waals surface area contributed by atoms with E-state index in [0.717, 1.165) is 32.6 Å². The number of pyridine rings is 2. The first-order chi connectivity index (χ1) is 9.08. The summed E-state index contributed by atoms with van der Waals surface area (Å²) in [6.07, 6.45) is 3.50. The van der Waals surface area contributed by atoms with Crippen LogP contribution in [0, 0.1) is 13.8 Å². The first-order valence-electron chi connectivity index (χ1n) is 5.80. The number of nitrogen functional groups attached to an aromatic ring is 1. The minimum atomic E-state index is 0.710. The van der Waals surface area contributed by atoms with Gasteiger partial charge in [0.25, 0.3) is 0 Å². The predicted molar refractivity (Wildman–Crippen MR) is 78.2 cm³/mol. The predicted octanol–water partition coefficient (Wildman–Crippen LogP) is 2.78. The van der Waals surface area contributed by atoms with Gasteiger partial charge in [0, 0.05) is 16.9 Å². The second kappa shape index (κ2) is 4.31. The minimum Gasteiger partial charge on any atom is -0.396 e. The molecule has 0 amide bonds. The lowest BCUT2D eigenvalue weighted by Crippen LogP contribution is -2.02. The molecular formula is C13H12BrN5. The van der Waals surface area contributed by atoms with Crippen molar-refractivity contribution in [3.63, 3.8) is 0 Å². The summed E-state index contributed by atoms with van der Waals surface area (Å²) in [5.41, 5.74) is 10.9. The maximum absolute atomic E-state index is 5.98. The van der Waals surface area contributed by atoms with Gasteiger partial charge in [-0.15, -0.1) is 0 Å². The molecule has 0 aliphatic carbocycles. The molecule has 0 saturated heterocycles. The number of aryl methyl sites for hydroxylation is 1. The summed E-state index contributed by atoms with van der Waals surface area (Å²) in [7, 11) is 0. The Morgan fingerprint density at radius 3 is 2.74 bits per heavy atom. The van der Waals surface area contributed by atoms with Crippen molar-refractivity contribution in [2.75, 3.05) is 5.73 Å². The van der Waals surface area contributed by atoms with Crippen LogP contribution in [0.3, 0.4) is 0 Å². The monoisotopic (exact) mass is 317 g/mol. The van der Waals surface area contributed by atoms with Gasteiger partial charge in [-0.05, 0) is 41.9 Å². The second-order valence-electron chi connectivity index (χ2n) is 4.35. The van der Waals surface area contributed by atoms with Crippen molar-refractivity contribution in [3.8, 4) is 5.69 Å². The van der Waals surface area contributed by atoms with E-state index >= 15 is 0 Å². The molecule has 3 rings (SSSR count). The van der Waals surface area contributed by atoms with Crippen molar-refractivity contribution >= 4 is 32.7 Å².